The van der Waals surface area contributed by atoms with Gasteiger partial charge >= 0.3 is 11.9 Å². The number of carboxylic acid groups (broad SMARTS) is 2. The smallest absolute Gasteiger partial charge is 0.307 e. The third-order valence-corrected chi connectivity index (χ3v) is 3.59. The van der Waals surface area contributed by atoms with Crippen molar-refractivity contribution in [2.24, 2.45) is 23.7 Å². The molecule has 0 heterocycles. The van der Waals surface area contributed by atoms with Gasteiger partial charge in [-0.05, 0) is 24.7 Å². The molecule has 4 atom stereocenters. The summed E-state index contributed by atoms with van der Waals surface area (Å²) >= 11 is 0. The number of carbonyl (C=O) groups is 2. The van der Waals surface area contributed by atoms with Crippen LogP contribution in [0.4, 0.5) is 0 Å². The SMILES string of the molecule is O=C(O)C1C2CCC(C2O)C1C(=O)O. The molecule has 0 aliphatic heterocycles. The van der Waals surface area contributed by atoms with Gasteiger partial charge < -0.3 is 15.3 Å². The number of hydrogen-bond donors (Lipinski definition) is 3. The third-order valence-electron chi connectivity index (χ3n) is 3.59. The highest BCUT2D eigenvalue weighted by atomic mass is 16.4. The number of aliphatic hydroxyl groups is 1. The van der Waals surface area contributed by atoms with Gasteiger partial charge in [0.2, 0.25) is 0 Å². The van der Waals surface area contributed by atoms with Gasteiger partial charge in [-0.2, -0.15) is 0 Å². The molecule has 2 aliphatic rings. The number of aliphatic carboxylic acids is 2. The molecule has 4 unspecified atom stereocenters. The van der Waals surface area contributed by atoms with Crippen LogP contribution in [0.15, 0.2) is 0 Å². The van der Waals surface area contributed by atoms with Crippen molar-refractivity contribution in [3.63, 3.8) is 0 Å². The minimum atomic E-state index is -1.09. The summed E-state index contributed by atoms with van der Waals surface area (Å²) in [5, 5.41) is 27.4. The Morgan fingerprint density at radius 2 is 1.29 bits per heavy atom. The first-order valence-electron chi connectivity index (χ1n) is 4.67. The average molecular weight is 200 g/mol. The zero-order chi connectivity index (χ0) is 10.5. The van der Waals surface area contributed by atoms with Crippen LogP contribution >= 0.6 is 0 Å². The van der Waals surface area contributed by atoms with E-state index in [2.05, 4.69) is 0 Å². The van der Waals surface area contributed by atoms with Crippen molar-refractivity contribution in [1.29, 1.82) is 0 Å². The van der Waals surface area contributed by atoms with Crippen LogP contribution in [-0.2, 0) is 9.59 Å². The maximum absolute atomic E-state index is 10.9. The lowest BCUT2D eigenvalue weighted by atomic mass is 9.79. The van der Waals surface area contributed by atoms with Crippen molar-refractivity contribution in [1.82, 2.24) is 0 Å². The van der Waals surface area contributed by atoms with Gasteiger partial charge in [0.25, 0.3) is 0 Å². The van der Waals surface area contributed by atoms with E-state index in [9.17, 15) is 14.7 Å². The topological polar surface area (TPSA) is 94.8 Å². The fourth-order valence-electron chi connectivity index (χ4n) is 3.03. The largest absolute Gasteiger partial charge is 0.481 e. The number of hydrogen-bond acceptors (Lipinski definition) is 3. The molecule has 0 spiro atoms. The monoisotopic (exact) mass is 200 g/mol. The summed E-state index contributed by atoms with van der Waals surface area (Å²) in [6.45, 7) is 0. The fourth-order valence-corrected chi connectivity index (χ4v) is 3.03. The van der Waals surface area contributed by atoms with Crippen LogP contribution in [0.5, 0.6) is 0 Å². The fraction of sp³-hybridized carbons (Fsp3) is 0.778. The maximum atomic E-state index is 10.9. The highest BCUT2D eigenvalue weighted by molar-refractivity contribution is 5.82. The first-order valence-corrected chi connectivity index (χ1v) is 4.67. The van der Waals surface area contributed by atoms with E-state index in [1.165, 1.54) is 0 Å². The molecule has 14 heavy (non-hydrogen) atoms. The predicted octanol–water partition coefficient (Wildman–Crippen LogP) is -0.211. The van der Waals surface area contributed by atoms with E-state index in [0.717, 1.165) is 0 Å². The summed E-state index contributed by atoms with van der Waals surface area (Å²) in [5.41, 5.74) is 0. The summed E-state index contributed by atoms with van der Waals surface area (Å²) in [4.78, 5) is 21.8. The molecular weight excluding hydrogens is 188 g/mol. The molecule has 2 aliphatic carbocycles. The van der Waals surface area contributed by atoms with Crippen molar-refractivity contribution < 1.29 is 24.9 Å². The zero-order valence-electron chi connectivity index (χ0n) is 7.46. The van der Waals surface area contributed by atoms with Crippen LogP contribution in [-0.4, -0.2) is 33.4 Å². The molecule has 5 heteroatoms. The molecular formula is C9H12O5. The zero-order valence-corrected chi connectivity index (χ0v) is 7.46. The molecule has 0 aromatic rings. The Hall–Kier alpha value is -1.10. The molecule has 3 N–H and O–H groups in total. The number of carboxylic acids is 2. The van der Waals surface area contributed by atoms with Crippen LogP contribution < -0.4 is 0 Å². The van der Waals surface area contributed by atoms with E-state index in [1.807, 2.05) is 0 Å². The van der Waals surface area contributed by atoms with Gasteiger partial charge in [0.1, 0.15) is 0 Å². The highest BCUT2D eigenvalue weighted by Crippen LogP contribution is 2.52. The van der Waals surface area contributed by atoms with E-state index in [1.54, 1.807) is 0 Å². The van der Waals surface area contributed by atoms with Crippen molar-refractivity contribution in [2.75, 3.05) is 0 Å². The Balaban J connectivity index is 2.31. The van der Waals surface area contributed by atoms with Gasteiger partial charge in [0, 0.05) is 0 Å². The van der Waals surface area contributed by atoms with Crippen LogP contribution in [0.3, 0.4) is 0 Å². The molecule has 0 aromatic carbocycles. The minimum absolute atomic E-state index is 0.362. The van der Waals surface area contributed by atoms with Gasteiger partial charge in [-0.3, -0.25) is 9.59 Å². The van der Waals surface area contributed by atoms with E-state index < -0.39 is 29.9 Å². The Morgan fingerprint density at radius 3 is 1.57 bits per heavy atom. The number of aliphatic hydroxyl groups excluding tert-OH is 1. The highest BCUT2D eigenvalue weighted by Gasteiger charge is 2.59. The standard InChI is InChI=1S/C9H12O5/c10-7-3-1-2-4(7)6(9(13)14)5(3)8(11)12/h3-7,10H,1-2H2,(H,11,12)(H,13,14). The molecule has 0 saturated heterocycles. The summed E-state index contributed by atoms with van der Waals surface area (Å²) in [7, 11) is 0. The van der Waals surface area contributed by atoms with Crippen LogP contribution in [0, 0.1) is 23.7 Å². The van der Waals surface area contributed by atoms with Crippen molar-refractivity contribution in [3.8, 4) is 0 Å². The second-order valence-corrected chi connectivity index (χ2v) is 4.12. The van der Waals surface area contributed by atoms with Gasteiger partial charge in [0.15, 0.2) is 0 Å². The number of rotatable bonds is 2. The van der Waals surface area contributed by atoms with E-state index >= 15 is 0 Å². The second kappa shape index (κ2) is 2.95. The summed E-state index contributed by atoms with van der Waals surface area (Å²) in [6.07, 6.45) is 0.524. The van der Waals surface area contributed by atoms with Crippen molar-refractivity contribution >= 4 is 11.9 Å². The van der Waals surface area contributed by atoms with Gasteiger partial charge in [-0.25, -0.2) is 0 Å². The predicted molar refractivity (Wildman–Crippen MR) is 44.5 cm³/mol. The Bertz CT molecular complexity index is 259. The van der Waals surface area contributed by atoms with Crippen LogP contribution in [0.1, 0.15) is 12.8 Å². The number of fused-ring (bicyclic) bond motifs is 2. The summed E-state index contributed by atoms with van der Waals surface area (Å²) in [5.74, 6) is -4.72. The normalized spacial score (nSPS) is 45.4. The second-order valence-electron chi connectivity index (χ2n) is 4.12. The maximum Gasteiger partial charge on any atom is 0.307 e. The Labute approximate surface area is 80.4 Å². The molecule has 2 rings (SSSR count). The molecule has 2 saturated carbocycles. The van der Waals surface area contributed by atoms with E-state index in [-0.39, 0.29) is 11.8 Å². The average Bonchev–Trinajstić information content (AvgIpc) is 2.58. The van der Waals surface area contributed by atoms with Crippen molar-refractivity contribution in [3.05, 3.63) is 0 Å². The third kappa shape index (κ3) is 1.05. The molecule has 2 bridgehead atoms. The lowest BCUT2D eigenvalue weighted by Crippen LogP contribution is -2.34. The molecule has 5 nitrogen and oxygen atoms in total. The summed E-state index contributed by atoms with van der Waals surface area (Å²) in [6, 6.07) is 0. The molecule has 0 amide bonds. The lowest BCUT2D eigenvalue weighted by molar-refractivity contribution is -0.156. The van der Waals surface area contributed by atoms with Gasteiger partial charge in [-0.15, -0.1) is 0 Å². The van der Waals surface area contributed by atoms with E-state index in [0.29, 0.717) is 12.8 Å². The Kier molecular flexibility index (Phi) is 1.99. The Morgan fingerprint density at radius 1 is 0.929 bits per heavy atom. The van der Waals surface area contributed by atoms with E-state index in [4.69, 9.17) is 10.2 Å². The van der Waals surface area contributed by atoms with Gasteiger partial charge in [0.05, 0.1) is 17.9 Å². The first-order chi connectivity index (χ1) is 6.54. The quantitative estimate of drug-likeness (QED) is 0.573. The van der Waals surface area contributed by atoms with Gasteiger partial charge in [-0.1, -0.05) is 0 Å². The molecule has 0 aromatic heterocycles. The lowest BCUT2D eigenvalue weighted by Gasteiger charge is -2.23. The molecule has 2 fully saturated rings. The van der Waals surface area contributed by atoms with Crippen LogP contribution in [0.25, 0.3) is 0 Å². The molecule has 78 valence electrons. The van der Waals surface area contributed by atoms with Crippen molar-refractivity contribution in [2.45, 2.75) is 18.9 Å². The summed E-state index contributed by atoms with van der Waals surface area (Å²) < 4.78 is 0. The first kappa shape index (κ1) is 9.45. The van der Waals surface area contributed by atoms with Crippen LogP contribution in [0.2, 0.25) is 0 Å². The molecule has 0 radical (unpaired) electrons. The minimum Gasteiger partial charge on any atom is -0.481 e.